The highest BCUT2D eigenvalue weighted by molar-refractivity contribution is 5.94. The molecule has 0 saturated carbocycles. The van der Waals surface area contributed by atoms with Crippen LogP contribution in [0.2, 0.25) is 0 Å². The molecule has 0 aliphatic carbocycles. The Morgan fingerprint density at radius 2 is 2.11 bits per heavy atom. The third kappa shape index (κ3) is 4.72. The first-order valence-electron chi connectivity index (χ1n) is 5.34. The molecule has 102 valence electrons. The Bertz CT molecular complexity index is 405. The second-order valence-corrected chi connectivity index (χ2v) is 3.78. The molecule has 18 heavy (non-hydrogen) atoms. The van der Waals surface area contributed by atoms with Crippen molar-refractivity contribution in [2.24, 2.45) is 5.73 Å². The van der Waals surface area contributed by atoms with E-state index in [4.69, 9.17) is 5.73 Å². The van der Waals surface area contributed by atoms with Gasteiger partial charge < -0.3 is 16.4 Å². The van der Waals surface area contributed by atoms with Gasteiger partial charge in [-0.05, 0) is 13.8 Å². The van der Waals surface area contributed by atoms with E-state index in [2.05, 4.69) is 15.7 Å². The summed E-state index contributed by atoms with van der Waals surface area (Å²) in [4.78, 5) is 22.4. The van der Waals surface area contributed by atoms with Gasteiger partial charge in [-0.3, -0.25) is 9.59 Å². The number of carbonyl (C=O) groups excluding carboxylic acids is 2. The molecule has 7 nitrogen and oxygen atoms in total. The first-order chi connectivity index (χ1) is 8.04. The van der Waals surface area contributed by atoms with Crippen LogP contribution in [0.1, 0.15) is 19.9 Å². The minimum absolute atomic E-state index is 0. The standard InChI is InChI=1S/C10H17N5O2.ClH/c1-7(2)15-8(3-4-13-15)14-10(17)6-12-9(16)5-11;/h3-4,7H,5-6,11H2,1-2H3,(H,12,16)(H,14,17);1H. The van der Waals surface area contributed by atoms with Crippen LogP contribution >= 0.6 is 12.4 Å². The SMILES string of the molecule is CC(C)n1nccc1NC(=O)CNC(=O)CN.Cl. The number of hydrogen-bond acceptors (Lipinski definition) is 4. The topological polar surface area (TPSA) is 102 Å². The predicted octanol–water partition coefficient (Wildman–Crippen LogP) is -0.101. The van der Waals surface area contributed by atoms with Crippen molar-refractivity contribution in [1.82, 2.24) is 15.1 Å². The van der Waals surface area contributed by atoms with Crippen LogP contribution in [0.4, 0.5) is 5.82 Å². The van der Waals surface area contributed by atoms with Crippen LogP contribution in [0.5, 0.6) is 0 Å². The second-order valence-electron chi connectivity index (χ2n) is 3.78. The molecule has 0 radical (unpaired) electrons. The van der Waals surface area contributed by atoms with E-state index in [1.807, 2.05) is 13.8 Å². The van der Waals surface area contributed by atoms with Gasteiger partial charge in [0.25, 0.3) is 0 Å². The Balaban J connectivity index is 0.00000289. The zero-order chi connectivity index (χ0) is 12.8. The van der Waals surface area contributed by atoms with Crippen molar-refractivity contribution < 1.29 is 9.59 Å². The minimum Gasteiger partial charge on any atom is -0.346 e. The zero-order valence-corrected chi connectivity index (χ0v) is 11.2. The molecule has 2 amide bonds. The summed E-state index contributed by atoms with van der Waals surface area (Å²) in [5.74, 6) is -0.0706. The monoisotopic (exact) mass is 275 g/mol. The molecule has 0 aliphatic rings. The van der Waals surface area contributed by atoms with Crippen LogP contribution in [0.25, 0.3) is 0 Å². The average molecular weight is 276 g/mol. The van der Waals surface area contributed by atoms with Crippen LogP contribution in [-0.4, -0.2) is 34.7 Å². The van der Waals surface area contributed by atoms with Crippen molar-refractivity contribution in [1.29, 1.82) is 0 Å². The van der Waals surface area contributed by atoms with Gasteiger partial charge in [-0.2, -0.15) is 5.10 Å². The van der Waals surface area contributed by atoms with E-state index in [0.717, 1.165) is 0 Å². The van der Waals surface area contributed by atoms with Crippen molar-refractivity contribution in [2.75, 3.05) is 18.4 Å². The molecule has 0 spiro atoms. The fourth-order valence-electron chi connectivity index (χ4n) is 1.26. The normalized spacial score (nSPS) is 9.78. The highest BCUT2D eigenvalue weighted by Gasteiger charge is 2.09. The third-order valence-electron chi connectivity index (χ3n) is 2.06. The predicted molar refractivity (Wildman–Crippen MR) is 70.6 cm³/mol. The molecule has 1 rings (SSSR count). The van der Waals surface area contributed by atoms with Gasteiger partial charge >= 0.3 is 0 Å². The van der Waals surface area contributed by atoms with Crippen molar-refractivity contribution in [3.05, 3.63) is 12.3 Å². The maximum Gasteiger partial charge on any atom is 0.244 e. The van der Waals surface area contributed by atoms with Gasteiger partial charge in [0.2, 0.25) is 11.8 Å². The maximum atomic E-state index is 11.5. The van der Waals surface area contributed by atoms with Crippen molar-refractivity contribution in [3.63, 3.8) is 0 Å². The number of nitrogens with zero attached hydrogens (tertiary/aromatic N) is 2. The fourth-order valence-corrected chi connectivity index (χ4v) is 1.26. The molecule has 1 aromatic rings. The van der Waals surface area contributed by atoms with E-state index in [0.29, 0.717) is 5.82 Å². The van der Waals surface area contributed by atoms with Crippen LogP contribution in [0, 0.1) is 0 Å². The van der Waals surface area contributed by atoms with Gasteiger partial charge in [0.05, 0.1) is 19.3 Å². The highest BCUT2D eigenvalue weighted by Crippen LogP contribution is 2.12. The number of nitrogens with two attached hydrogens (primary N) is 1. The zero-order valence-electron chi connectivity index (χ0n) is 10.3. The fraction of sp³-hybridized carbons (Fsp3) is 0.500. The molecule has 0 aromatic carbocycles. The molecule has 1 heterocycles. The lowest BCUT2D eigenvalue weighted by molar-refractivity contribution is -0.123. The Labute approximate surface area is 112 Å². The summed E-state index contributed by atoms with van der Waals surface area (Å²) >= 11 is 0. The van der Waals surface area contributed by atoms with Crippen LogP contribution in [0.15, 0.2) is 12.3 Å². The second kappa shape index (κ2) is 7.67. The Kier molecular flexibility index (Phi) is 6.99. The summed E-state index contributed by atoms with van der Waals surface area (Å²) in [6.07, 6.45) is 1.61. The van der Waals surface area contributed by atoms with Crippen LogP contribution in [-0.2, 0) is 9.59 Å². The average Bonchev–Trinajstić information content (AvgIpc) is 2.74. The van der Waals surface area contributed by atoms with Gasteiger partial charge in [0.1, 0.15) is 5.82 Å². The van der Waals surface area contributed by atoms with Crippen molar-refractivity contribution >= 4 is 30.0 Å². The van der Waals surface area contributed by atoms with Gasteiger partial charge in [0, 0.05) is 12.1 Å². The van der Waals surface area contributed by atoms with Crippen LogP contribution < -0.4 is 16.4 Å². The van der Waals surface area contributed by atoms with E-state index in [-0.39, 0.29) is 43.4 Å². The van der Waals surface area contributed by atoms with E-state index < -0.39 is 0 Å². The molecule has 0 fully saturated rings. The lowest BCUT2D eigenvalue weighted by atomic mass is 10.4. The van der Waals surface area contributed by atoms with Crippen LogP contribution in [0.3, 0.4) is 0 Å². The molecule has 0 saturated heterocycles. The molecule has 0 aliphatic heterocycles. The number of rotatable bonds is 5. The first kappa shape index (κ1) is 16.4. The summed E-state index contributed by atoms with van der Waals surface area (Å²) in [6.45, 7) is 3.69. The smallest absolute Gasteiger partial charge is 0.244 e. The molecule has 8 heteroatoms. The summed E-state index contributed by atoms with van der Waals surface area (Å²) in [5, 5.41) is 9.12. The molecular formula is C10H18ClN5O2. The number of aromatic nitrogens is 2. The Morgan fingerprint density at radius 3 is 2.67 bits per heavy atom. The summed E-state index contributed by atoms with van der Waals surface area (Å²) in [6, 6.07) is 1.85. The van der Waals surface area contributed by atoms with E-state index in [9.17, 15) is 9.59 Å². The van der Waals surface area contributed by atoms with Crippen molar-refractivity contribution in [3.8, 4) is 0 Å². The number of hydrogen-bond donors (Lipinski definition) is 3. The lowest BCUT2D eigenvalue weighted by Gasteiger charge is -2.11. The summed E-state index contributed by atoms with van der Waals surface area (Å²) in [5.41, 5.74) is 5.10. The van der Waals surface area contributed by atoms with Gasteiger partial charge in [-0.25, -0.2) is 4.68 Å². The molecule has 0 unspecified atom stereocenters. The molecule has 0 bridgehead atoms. The van der Waals surface area contributed by atoms with E-state index in [1.165, 1.54) is 0 Å². The lowest BCUT2D eigenvalue weighted by Crippen LogP contribution is -2.36. The number of nitrogens with one attached hydrogen (secondary N) is 2. The molecule has 4 N–H and O–H groups in total. The highest BCUT2D eigenvalue weighted by atomic mass is 35.5. The summed E-state index contributed by atoms with van der Waals surface area (Å²) in [7, 11) is 0. The maximum absolute atomic E-state index is 11.5. The Morgan fingerprint density at radius 1 is 1.44 bits per heavy atom. The van der Waals surface area contributed by atoms with E-state index >= 15 is 0 Å². The number of amides is 2. The van der Waals surface area contributed by atoms with Gasteiger partial charge in [0.15, 0.2) is 0 Å². The first-order valence-corrected chi connectivity index (χ1v) is 5.34. The number of anilines is 1. The van der Waals surface area contributed by atoms with Crippen molar-refractivity contribution in [2.45, 2.75) is 19.9 Å². The van der Waals surface area contributed by atoms with Gasteiger partial charge in [-0.1, -0.05) is 0 Å². The van der Waals surface area contributed by atoms with E-state index in [1.54, 1.807) is 16.9 Å². The van der Waals surface area contributed by atoms with Gasteiger partial charge in [-0.15, -0.1) is 12.4 Å². The number of carbonyl (C=O) groups is 2. The quantitative estimate of drug-likeness (QED) is 0.698. The largest absolute Gasteiger partial charge is 0.346 e. The molecule has 0 atom stereocenters. The Hall–Kier alpha value is -1.60. The molecule has 1 aromatic heterocycles. The minimum atomic E-state index is -0.363. The number of halogens is 1. The summed E-state index contributed by atoms with van der Waals surface area (Å²) < 4.78 is 1.68. The third-order valence-corrected chi connectivity index (χ3v) is 2.06. The molecular weight excluding hydrogens is 258 g/mol.